The fraction of sp³-hybridized carbons (Fsp3) is 0.316. The van der Waals surface area contributed by atoms with E-state index in [0.717, 1.165) is 25.9 Å². The zero-order valence-corrected chi connectivity index (χ0v) is 14.1. The summed E-state index contributed by atoms with van der Waals surface area (Å²) in [6, 6.07) is 10.7. The van der Waals surface area contributed by atoms with Crippen LogP contribution in [0.2, 0.25) is 0 Å². The van der Waals surface area contributed by atoms with Crippen molar-refractivity contribution in [1.29, 1.82) is 0 Å². The molecule has 1 N–H and O–H groups in total. The molecule has 2 amide bonds. The summed E-state index contributed by atoms with van der Waals surface area (Å²) in [6.45, 7) is 1.80. The van der Waals surface area contributed by atoms with E-state index in [1.54, 1.807) is 35.4 Å². The first-order valence-corrected chi connectivity index (χ1v) is 8.53. The Labute approximate surface area is 146 Å². The van der Waals surface area contributed by atoms with E-state index in [0.29, 0.717) is 22.8 Å². The van der Waals surface area contributed by atoms with E-state index in [2.05, 4.69) is 22.2 Å². The van der Waals surface area contributed by atoms with Crippen molar-refractivity contribution in [3.8, 4) is 0 Å². The van der Waals surface area contributed by atoms with Gasteiger partial charge >= 0.3 is 0 Å². The summed E-state index contributed by atoms with van der Waals surface area (Å²) >= 11 is 0. The Morgan fingerprint density at radius 2 is 1.92 bits per heavy atom. The summed E-state index contributed by atoms with van der Waals surface area (Å²) in [6.07, 6.45) is 3.28. The predicted molar refractivity (Wildman–Crippen MR) is 96.0 cm³/mol. The molecule has 0 saturated carbocycles. The Bertz CT molecular complexity index is 828. The minimum atomic E-state index is -0.219. The van der Waals surface area contributed by atoms with Gasteiger partial charge < -0.3 is 10.2 Å². The van der Waals surface area contributed by atoms with Crippen LogP contribution in [0, 0.1) is 5.92 Å². The number of para-hydroxylation sites is 1. The average molecular weight is 336 g/mol. The number of carbonyl (C=O) groups is 2. The molecule has 0 atom stereocenters. The molecule has 2 aliphatic rings. The number of nitrogens with one attached hydrogen (secondary N) is 1. The molecule has 4 rings (SSSR count). The van der Waals surface area contributed by atoms with Crippen molar-refractivity contribution in [2.45, 2.75) is 12.8 Å². The quantitative estimate of drug-likeness (QED) is 0.869. The summed E-state index contributed by atoms with van der Waals surface area (Å²) in [7, 11) is 2.07. The van der Waals surface area contributed by atoms with Gasteiger partial charge in [-0.2, -0.15) is 0 Å². The number of aromatic nitrogens is 1. The van der Waals surface area contributed by atoms with Crippen molar-refractivity contribution in [1.82, 2.24) is 9.88 Å². The van der Waals surface area contributed by atoms with Crippen LogP contribution >= 0.6 is 0 Å². The van der Waals surface area contributed by atoms with Crippen molar-refractivity contribution >= 4 is 29.0 Å². The van der Waals surface area contributed by atoms with E-state index in [9.17, 15) is 9.59 Å². The first-order valence-electron chi connectivity index (χ1n) is 8.53. The van der Waals surface area contributed by atoms with E-state index in [1.165, 1.54) is 0 Å². The SMILES string of the molecule is CN1CCC(C(=O)N2c3ccccc3C(=O)Nc3cccnc32)CC1. The van der Waals surface area contributed by atoms with Crippen molar-refractivity contribution in [2.75, 3.05) is 30.4 Å². The van der Waals surface area contributed by atoms with Gasteiger partial charge in [0.2, 0.25) is 5.91 Å². The maximum Gasteiger partial charge on any atom is 0.257 e. The monoisotopic (exact) mass is 336 g/mol. The molecular weight excluding hydrogens is 316 g/mol. The third-order valence-electron chi connectivity index (χ3n) is 4.92. The van der Waals surface area contributed by atoms with Gasteiger partial charge in [0.05, 0.1) is 16.9 Å². The number of rotatable bonds is 1. The molecule has 3 heterocycles. The Morgan fingerprint density at radius 1 is 1.16 bits per heavy atom. The number of amides is 2. The molecule has 2 aliphatic heterocycles. The highest BCUT2D eigenvalue weighted by molar-refractivity contribution is 6.17. The van der Waals surface area contributed by atoms with Crippen LogP contribution in [0.15, 0.2) is 42.6 Å². The first kappa shape index (κ1) is 15.8. The topological polar surface area (TPSA) is 65.5 Å². The van der Waals surface area contributed by atoms with Gasteiger partial charge in [0.15, 0.2) is 5.82 Å². The van der Waals surface area contributed by atoms with E-state index in [4.69, 9.17) is 0 Å². The third-order valence-corrected chi connectivity index (χ3v) is 4.92. The molecule has 128 valence electrons. The maximum atomic E-state index is 13.4. The second-order valence-corrected chi connectivity index (χ2v) is 6.60. The van der Waals surface area contributed by atoms with Crippen molar-refractivity contribution in [3.63, 3.8) is 0 Å². The van der Waals surface area contributed by atoms with Crippen LogP contribution in [-0.4, -0.2) is 41.8 Å². The van der Waals surface area contributed by atoms with Gasteiger partial charge in [0.1, 0.15) is 0 Å². The van der Waals surface area contributed by atoms with Crippen LogP contribution in [-0.2, 0) is 4.79 Å². The molecule has 6 nitrogen and oxygen atoms in total. The zero-order chi connectivity index (χ0) is 17.4. The van der Waals surface area contributed by atoms with Gasteiger partial charge in [-0.05, 0) is 57.2 Å². The summed E-state index contributed by atoms with van der Waals surface area (Å²) in [5.74, 6) is 0.220. The molecule has 6 heteroatoms. The smallest absolute Gasteiger partial charge is 0.257 e. The Kier molecular flexibility index (Phi) is 3.97. The Balaban J connectivity index is 1.81. The highest BCUT2D eigenvalue weighted by Gasteiger charge is 2.34. The van der Waals surface area contributed by atoms with E-state index in [1.807, 2.05) is 12.1 Å². The molecule has 0 spiro atoms. The second kappa shape index (κ2) is 6.29. The molecule has 0 aliphatic carbocycles. The lowest BCUT2D eigenvalue weighted by Crippen LogP contribution is -2.40. The lowest BCUT2D eigenvalue weighted by atomic mass is 9.95. The van der Waals surface area contributed by atoms with Crippen LogP contribution in [0.5, 0.6) is 0 Å². The fourth-order valence-electron chi connectivity index (χ4n) is 3.50. The maximum absolute atomic E-state index is 13.4. The normalized spacial score (nSPS) is 18.1. The van der Waals surface area contributed by atoms with Crippen LogP contribution < -0.4 is 10.2 Å². The fourth-order valence-corrected chi connectivity index (χ4v) is 3.50. The van der Waals surface area contributed by atoms with Crippen LogP contribution in [0.1, 0.15) is 23.2 Å². The summed E-state index contributed by atoms with van der Waals surface area (Å²) < 4.78 is 0. The lowest BCUT2D eigenvalue weighted by molar-refractivity contribution is -0.122. The molecular formula is C19H20N4O2. The van der Waals surface area contributed by atoms with Gasteiger partial charge in [-0.1, -0.05) is 12.1 Å². The number of hydrogen-bond acceptors (Lipinski definition) is 4. The van der Waals surface area contributed by atoms with Crippen molar-refractivity contribution in [2.24, 2.45) is 5.92 Å². The number of hydrogen-bond donors (Lipinski definition) is 1. The highest BCUT2D eigenvalue weighted by atomic mass is 16.2. The van der Waals surface area contributed by atoms with Gasteiger partial charge in [-0.15, -0.1) is 0 Å². The van der Waals surface area contributed by atoms with Gasteiger partial charge in [0, 0.05) is 12.1 Å². The van der Waals surface area contributed by atoms with Crippen LogP contribution in [0.3, 0.4) is 0 Å². The number of carbonyl (C=O) groups excluding carboxylic acids is 2. The summed E-state index contributed by atoms with van der Waals surface area (Å²) in [5.41, 5.74) is 1.65. The number of likely N-dealkylation sites (tertiary alicyclic amines) is 1. The summed E-state index contributed by atoms with van der Waals surface area (Å²) in [4.78, 5) is 34.2. The third kappa shape index (κ3) is 2.78. The summed E-state index contributed by atoms with van der Waals surface area (Å²) in [5, 5.41) is 2.87. The predicted octanol–water partition coefficient (Wildman–Crippen LogP) is 2.65. The second-order valence-electron chi connectivity index (χ2n) is 6.60. The Morgan fingerprint density at radius 3 is 2.72 bits per heavy atom. The molecule has 1 fully saturated rings. The first-order chi connectivity index (χ1) is 12.1. The molecule has 2 aromatic rings. The van der Waals surface area contributed by atoms with Gasteiger partial charge in [-0.3, -0.25) is 14.5 Å². The number of piperidine rings is 1. The van der Waals surface area contributed by atoms with Crippen molar-refractivity contribution in [3.05, 3.63) is 48.2 Å². The number of pyridine rings is 1. The molecule has 1 aromatic heterocycles. The standard InChI is InChI=1S/C19H20N4O2/c1-22-11-8-13(9-12-22)19(25)23-16-7-3-2-5-14(16)18(24)21-15-6-4-10-20-17(15)23/h2-7,10,13H,8-9,11-12H2,1H3,(H,21,24). The van der Waals surface area contributed by atoms with Gasteiger partial charge in [-0.25, -0.2) is 4.98 Å². The number of anilines is 3. The lowest BCUT2D eigenvalue weighted by Gasteiger charge is -2.32. The molecule has 1 aromatic carbocycles. The number of nitrogens with zero attached hydrogens (tertiary/aromatic N) is 3. The minimum absolute atomic E-state index is 0.0111. The molecule has 25 heavy (non-hydrogen) atoms. The number of fused-ring (bicyclic) bond motifs is 2. The zero-order valence-electron chi connectivity index (χ0n) is 14.1. The van der Waals surface area contributed by atoms with Crippen LogP contribution in [0.4, 0.5) is 17.2 Å². The molecule has 1 saturated heterocycles. The van der Waals surface area contributed by atoms with E-state index >= 15 is 0 Å². The van der Waals surface area contributed by atoms with Crippen molar-refractivity contribution < 1.29 is 9.59 Å². The molecule has 0 bridgehead atoms. The van der Waals surface area contributed by atoms with Gasteiger partial charge in [0.25, 0.3) is 5.91 Å². The Hall–Kier alpha value is -2.73. The minimum Gasteiger partial charge on any atom is -0.319 e. The van der Waals surface area contributed by atoms with Crippen LogP contribution in [0.25, 0.3) is 0 Å². The number of benzene rings is 1. The molecule has 0 unspecified atom stereocenters. The average Bonchev–Trinajstić information content (AvgIpc) is 2.76. The highest BCUT2D eigenvalue weighted by Crippen LogP contribution is 2.38. The van der Waals surface area contributed by atoms with E-state index < -0.39 is 0 Å². The van der Waals surface area contributed by atoms with E-state index in [-0.39, 0.29) is 17.7 Å². The molecule has 0 radical (unpaired) electrons. The largest absolute Gasteiger partial charge is 0.319 e.